The molecule has 2 aromatic carbocycles. The van der Waals surface area contributed by atoms with E-state index in [9.17, 15) is 9.59 Å². The number of carbonyl (C=O) groups is 2. The highest BCUT2D eigenvalue weighted by molar-refractivity contribution is 5.95. The van der Waals surface area contributed by atoms with Crippen molar-refractivity contribution in [2.24, 2.45) is 0 Å². The van der Waals surface area contributed by atoms with Gasteiger partial charge in [0.2, 0.25) is 5.91 Å². The molecule has 0 saturated carbocycles. The summed E-state index contributed by atoms with van der Waals surface area (Å²) in [7, 11) is 1.86. The van der Waals surface area contributed by atoms with Gasteiger partial charge in [-0.2, -0.15) is 0 Å². The van der Waals surface area contributed by atoms with E-state index in [1.807, 2.05) is 42.3 Å². The number of para-hydroxylation sites is 1. The fraction of sp³-hybridized carbons (Fsp3) is 0.222. The minimum absolute atomic E-state index is 0.125. The zero-order valence-corrected chi connectivity index (χ0v) is 13.3. The van der Waals surface area contributed by atoms with Crippen molar-refractivity contribution in [2.75, 3.05) is 30.4 Å². The summed E-state index contributed by atoms with van der Waals surface area (Å²) in [5.41, 5.74) is 2.08. The summed E-state index contributed by atoms with van der Waals surface area (Å²) in [6, 6.07) is 16.3. The molecule has 0 aliphatic carbocycles. The molecule has 1 N–H and O–H groups in total. The number of benzene rings is 2. The lowest BCUT2D eigenvalue weighted by atomic mass is 10.2. The van der Waals surface area contributed by atoms with E-state index >= 15 is 0 Å². The molecule has 0 unspecified atom stereocenters. The standard InChI is InChI=1S/C18H20N2O3/c1-3-23-18(22)14-9-11-15(12-10-14)19-17(21)13-20(2)16-7-5-4-6-8-16/h4-12H,3,13H2,1-2H3,(H,19,21). The zero-order valence-electron chi connectivity index (χ0n) is 13.3. The van der Waals surface area contributed by atoms with Crippen LogP contribution in [-0.4, -0.2) is 32.1 Å². The lowest BCUT2D eigenvalue weighted by molar-refractivity contribution is -0.114. The van der Waals surface area contributed by atoms with Gasteiger partial charge in [-0.05, 0) is 43.3 Å². The minimum Gasteiger partial charge on any atom is -0.462 e. The van der Waals surface area contributed by atoms with Gasteiger partial charge in [0.15, 0.2) is 0 Å². The number of hydrogen-bond acceptors (Lipinski definition) is 4. The van der Waals surface area contributed by atoms with Crippen molar-refractivity contribution < 1.29 is 14.3 Å². The van der Waals surface area contributed by atoms with E-state index in [0.717, 1.165) is 5.69 Å². The highest BCUT2D eigenvalue weighted by Crippen LogP contribution is 2.13. The number of amides is 1. The molecule has 0 aliphatic heterocycles. The maximum Gasteiger partial charge on any atom is 0.338 e. The summed E-state index contributed by atoms with van der Waals surface area (Å²) >= 11 is 0. The molecule has 0 atom stereocenters. The molecular weight excluding hydrogens is 292 g/mol. The third kappa shape index (κ3) is 4.85. The van der Waals surface area contributed by atoms with E-state index in [1.54, 1.807) is 31.2 Å². The van der Waals surface area contributed by atoms with Gasteiger partial charge in [-0.15, -0.1) is 0 Å². The van der Waals surface area contributed by atoms with E-state index < -0.39 is 0 Å². The van der Waals surface area contributed by atoms with Crippen molar-refractivity contribution in [1.29, 1.82) is 0 Å². The number of nitrogens with zero attached hydrogens (tertiary/aromatic N) is 1. The van der Waals surface area contributed by atoms with Gasteiger partial charge in [0.1, 0.15) is 0 Å². The third-order valence-electron chi connectivity index (χ3n) is 3.26. The fourth-order valence-corrected chi connectivity index (χ4v) is 2.09. The second-order valence-electron chi connectivity index (χ2n) is 5.04. The Labute approximate surface area is 135 Å². The first-order chi connectivity index (χ1) is 11.1. The Hall–Kier alpha value is -2.82. The molecule has 1 amide bonds. The Kier molecular flexibility index (Phi) is 5.74. The zero-order chi connectivity index (χ0) is 16.7. The molecule has 120 valence electrons. The van der Waals surface area contributed by atoms with Crippen molar-refractivity contribution in [3.05, 3.63) is 60.2 Å². The summed E-state index contributed by atoms with van der Waals surface area (Å²) in [6.45, 7) is 2.34. The third-order valence-corrected chi connectivity index (χ3v) is 3.26. The predicted octanol–water partition coefficient (Wildman–Crippen LogP) is 2.94. The molecule has 0 spiro atoms. The van der Waals surface area contributed by atoms with Crippen LogP contribution in [0.4, 0.5) is 11.4 Å². The molecule has 0 fully saturated rings. The Bertz CT molecular complexity index is 654. The van der Waals surface area contributed by atoms with Gasteiger partial charge in [0.25, 0.3) is 0 Å². The van der Waals surface area contributed by atoms with Crippen molar-refractivity contribution in [3.63, 3.8) is 0 Å². The normalized spacial score (nSPS) is 10.0. The van der Waals surface area contributed by atoms with Crippen molar-refractivity contribution in [1.82, 2.24) is 0 Å². The SMILES string of the molecule is CCOC(=O)c1ccc(NC(=O)CN(C)c2ccccc2)cc1. The smallest absolute Gasteiger partial charge is 0.338 e. The molecule has 0 aromatic heterocycles. The lowest BCUT2D eigenvalue weighted by Gasteiger charge is -2.18. The number of rotatable bonds is 6. The van der Waals surface area contributed by atoms with Gasteiger partial charge in [0.05, 0.1) is 18.7 Å². The Morgan fingerprint density at radius 3 is 2.30 bits per heavy atom. The van der Waals surface area contributed by atoms with E-state index in [2.05, 4.69) is 5.32 Å². The van der Waals surface area contributed by atoms with E-state index in [1.165, 1.54) is 0 Å². The van der Waals surface area contributed by atoms with E-state index in [-0.39, 0.29) is 18.4 Å². The maximum atomic E-state index is 12.1. The van der Waals surface area contributed by atoms with Crippen LogP contribution in [0, 0.1) is 0 Å². The van der Waals surface area contributed by atoms with Gasteiger partial charge in [-0.1, -0.05) is 18.2 Å². The number of carbonyl (C=O) groups excluding carboxylic acids is 2. The fourth-order valence-electron chi connectivity index (χ4n) is 2.09. The first-order valence-corrected chi connectivity index (χ1v) is 7.43. The molecule has 0 heterocycles. The molecule has 0 radical (unpaired) electrons. The van der Waals surface area contributed by atoms with Crippen LogP contribution in [0.25, 0.3) is 0 Å². The second-order valence-corrected chi connectivity index (χ2v) is 5.04. The van der Waals surface area contributed by atoms with Crippen LogP contribution in [0.1, 0.15) is 17.3 Å². The molecule has 0 saturated heterocycles. The maximum absolute atomic E-state index is 12.1. The van der Waals surface area contributed by atoms with Crippen LogP contribution < -0.4 is 10.2 Å². The number of anilines is 2. The van der Waals surface area contributed by atoms with Gasteiger partial charge < -0.3 is 15.0 Å². The molecule has 23 heavy (non-hydrogen) atoms. The first kappa shape index (κ1) is 16.5. The molecule has 2 aromatic rings. The Morgan fingerprint density at radius 2 is 1.70 bits per heavy atom. The van der Waals surface area contributed by atoms with Gasteiger partial charge in [0, 0.05) is 18.4 Å². The van der Waals surface area contributed by atoms with Crippen LogP contribution in [0.5, 0.6) is 0 Å². The summed E-state index contributed by atoms with van der Waals surface area (Å²) in [5.74, 6) is -0.491. The molecule has 0 bridgehead atoms. The lowest BCUT2D eigenvalue weighted by Crippen LogP contribution is -2.29. The van der Waals surface area contributed by atoms with Crippen LogP contribution in [0.15, 0.2) is 54.6 Å². The largest absolute Gasteiger partial charge is 0.462 e. The van der Waals surface area contributed by atoms with Crippen LogP contribution >= 0.6 is 0 Å². The second kappa shape index (κ2) is 7.98. The Morgan fingerprint density at radius 1 is 1.04 bits per heavy atom. The average molecular weight is 312 g/mol. The quantitative estimate of drug-likeness (QED) is 0.833. The summed E-state index contributed by atoms with van der Waals surface area (Å²) in [4.78, 5) is 25.5. The minimum atomic E-state index is -0.366. The predicted molar refractivity (Wildman–Crippen MR) is 90.7 cm³/mol. The molecule has 5 nitrogen and oxygen atoms in total. The number of hydrogen-bond donors (Lipinski definition) is 1. The summed E-state index contributed by atoms with van der Waals surface area (Å²) in [6.07, 6.45) is 0. The molecule has 5 heteroatoms. The molecular formula is C18H20N2O3. The highest BCUT2D eigenvalue weighted by atomic mass is 16.5. The topological polar surface area (TPSA) is 58.6 Å². The van der Waals surface area contributed by atoms with E-state index in [0.29, 0.717) is 17.9 Å². The number of ether oxygens (including phenoxy) is 1. The first-order valence-electron chi connectivity index (χ1n) is 7.43. The monoisotopic (exact) mass is 312 g/mol. The number of nitrogens with one attached hydrogen (secondary N) is 1. The van der Waals surface area contributed by atoms with Crippen LogP contribution in [0.2, 0.25) is 0 Å². The molecule has 0 aliphatic rings. The Balaban J connectivity index is 1.91. The van der Waals surface area contributed by atoms with Crippen molar-refractivity contribution in [2.45, 2.75) is 6.92 Å². The summed E-state index contributed by atoms with van der Waals surface area (Å²) < 4.78 is 4.92. The average Bonchev–Trinajstić information content (AvgIpc) is 2.56. The van der Waals surface area contributed by atoms with Gasteiger partial charge in [-0.3, -0.25) is 4.79 Å². The van der Waals surface area contributed by atoms with Crippen molar-refractivity contribution >= 4 is 23.3 Å². The number of esters is 1. The molecule has 2 rings (SSSR count). The van der Waals surface area contributed by atoms with Gasteiger partial charge in [-0.25, -0.2) is 4.79 Å². The summed E-state index contributed by atoms with van der Waals surface area (Å²) in [5, 5.41) is 2.81. The van der Waals surface area contributed by atoms with E-state index in [4.69, 9.17) is 4.74 Å². The van der Waals surface area contributed by atoms with Crippen molar-refractivity contribution in [3.8, 4) is 0 Å². The van der Waals surface area contributed by atoms with Crippen LogP contribution in [0.3, 0.4) is 0 Å². The number of likely N-dealkylation sites (N-methyl/N-ethyl adjacent to an activating group) is 1. The van der Waals surface area contributed by atoms with Crippen LogP contribution in [-0.2, 0) is 9.53 Å². The van der Waals surface area contributed by atoms with Gasteiger partial charge >= 0.3 is 5.97 Å². The highest BCUT2D eigenvalue weighted by Gasteiger charge is 2.09.